The highest BCUT2D eigenvalue weighted by atomic mass is 32.1. The van der Waals surface area contributed by atoms with Gasteiger partial charge in [-0.2, -0.15) is 0 Å². The molecular weight excluding hydrogens is 275 g/mol. The standard InChI is InChI=1S/C15H23FN2OS/c1-3-13(4-2)18(7-8-19)10-11-5-6-12(16)9-14(11)15(17)20/h5-6,9,13,19H,3-4,7-8,10H2,1-2H3,(H2,17,20). The van der Waals surface area contributed by atoms with E-state index in [0.29, 0.717) is 24.7 Å². The van der Waals surface area contributed by atoms with Crippen LogP contribution in [0.4, 0.5) is 4.39 Å². The number of halogens is 1. The van der Waals surface area contributed by atoms with Gasteiger partial charge in [0, 0.05) is 24.7 Å². The Morgan fingerprint density at radius 3 is 2.55 bits per heavy atom. The van der Waals surface area contributed by atoms with Crippen molar-refractivity contribution in [2.75, 3.05) is 13.2 Å². The largest absolute Gasteiger partial charge is 0.395 e. The van der Waals surface area contributed by atoms with E-state index in [1.54, 1.807) is 6.07 Å². The molecule has 112 valence electrons. The van der Waals surface area contributed by atoms with Crippen molar-refractivity contribution in [2.24, 2.45) is 5.73 Å². The van der Waals surface area contributed by atoms with Gasteiger partial charge in [-0.25, -0.2) is 4.39 Å². The average molecular weight is 298 g/mol. The van der Waals surface area contributed by atoms with Crippen LogP contribution >= 0.6 is 12.2 Å². The van der Waals surface area contributed by atoms with Crippen molar-refractivity contribution in [3.8, 4) is 0 Å². The number of hydrogen-bond donors (Lipinski definition) is 2. The van der Waals surface area contributed by atoms with E-state index in [4.69, 9.17) is 18.0 Å². The number of nitrogens with zero attached hydrogens (tertiary/aromatic N) is 1. The van der Waals surface area contributed by atoms with Gasteiger partial charge in [-0.3, -0.25) is 4.90 Å². The first-order valence-corrected chi connectivity index (χ1v) is 7.37. The monoisotopic (exact) mass is 298 g/mol. The van der Waals surface area contributed by atoms with Crippen molar-refractivity contribution < 1.29 is 9.50 Å². The van der Waals surface area contributed by atoms with E-state index in [2.05, 4.69) is 18.7 Å². The van der Waals surface area contributed by atoms with E-state index in [9.17, 15) is 9.50 Å². The molecule has 0 bridgehead atoms. The summed E-state index contributed by atoms with van der Waals surface area (Å²) < 4.78 is 13.3. The van der Waals surface area contributed by atoms with Crippen LogP contribution in [-0.2, 0) is 6.54 Å². The van der Waals surface area contributed by atoms with Crippen LogP contribution in [0.1, 0.15) is 37.8 Å². The maximum absolute atomic E-state index is 13.3. The van der Waals surface area contributed by atoms with Crippen molar-refractivity contribution >= 4 is 17.2 Å². The first-order valence-electron chi connectivity index (χ1n) is 6.96. The molecule has 0 radical (unpaired) electrons. The average Bonchev–Trinajstić information content (AvgIpc) is 2.42. The number of aliphatic hydroxyl groups is 1. The SMILES string of the molecule is CCC(CC)N(CCO)Cc1ccc(F)cc1C(N)=S. The number of benzene rings is 1. The lowest BCUT2D eigenvalue weighted by molar-refractivity contribution is 0.136. The number of aliphatic hydroxyl groups excluding tert-OH is 1. The molecule has 20 heavy (non-hydrogen) atoms. The third-order valence-electron chi connectivity index (χ3n) is 3.56. The fraction of sp³-hybridized carbons (Fsp3) is 0.533. The van der Waals surface area contributed by atoms with E-state index >= 15 is 0 Å². The molecule has 0 aliphatic heterocycles. The Morgan fingerprint density at radius 2 is 2.05 bits per heavy atom. The predicted octanol–water partition coefficient (Wildman–Crippen LogP) is 2.44. The molecule has 1 rings (SSSR count). The summed E-state index contributed by atoms with van der Waals surface area (Å²) in [6.45, 7) is 5.54. The van der Waals surface area contributed by atoms with Gasteiger partial charge < -0.3 is 10.8 Å². The lowest BCUT2D eigenvalue weighted by atomic mass is 10.0. The number of nitrogens with two attached hydrogens (primary N) is 1. The zero-order chi connectivity index (χ0) is 15.1. The first kappa shape index (κ1) is 17.0. The van der Waals surface area contributed by atoms with Gasteiger partial charge in [0.25, 0.3) is 0 Å². The highest BCUT2D eigenvalue weighted by Gasteiger charge is 2.17. The van der Waals surface area contributed by atoms with E-state index in [-0.39, 0.29) is 17.4 Å². The predicted molar refractivity (Wildman–Crippen MR) is 84.2 cm³/mol. The van der Waals surface area contributed by atoms with Crippen molar-refractivity contribution in [1.29, 1.82) is 0 Å². The zero-order valence-electron chi connectivity index (χ0n) is 12.1. The van der Waals surface area contributed by atoms with Crippen LogP contribution in [0.2, 0.25) is 0 Å². The fourth-order valence-corrected chi connectivity index (χ4v) is 2.65. The topological polar surface area (TPSA) is 49.5 Å². The molecule has 1 aromatic rings. The van der Waals surface area contributed by atoms with Gasteiger partial charge in [0.15, 0.2) is 0 Å². The molecule has 0 unspecified atom stereocenters. The summed E-state index contributed by atoms with van der Waals surface area (Å²) in [6, 6.07) is 4.89. The molecule has 0 fully saturated rings. The van der Waals surface area contributed by atoms with Gasteiger partial charge in [-0.05, 0) is 30.5 Å². The van der Waals surface area contributed by atoms with E-state index in [0.717, 1.165) is 18.4 Å². The Labute approximate surface area is 125 Å². The summed E-state index contributed by atoms with van der Waals surface area (Å²) in [7, 11) is 0. The molecule has 0 aliphatic carbocycles. The van der Waals surface area contributed by atoms with E-state index in [1.807, 2.05) is 0 Å². The Balaban J connectivity index is 3.01. The zero-order valence-corrected chi connectivity index (χ0v) is 12.9. The summed E-state index contributed by atoms with van der Waals surface area (Å²) in [4.78, 5) is 2.39. The van der Waals surface area contributed by atoms with Crippen molar-refractivity contribution in [1.82, 2.24) is 4.90 Å². The van der Waals surface area contributed by atoms with Crippen LogP contribution in [0.5, 0.6) is 0 Å². The van der Waals surface area contributed by atoms with Gasteiger partial charge in [0.2, 0.25) is 0 Å². The molecule has 3 N–H and O–H groups in total. The summed E-state index contributed by atoms with van der Waals surface area (Å²) in [5.74, 6) is -0.340. The molecule has 1 aromatic carbocycles. The molecule has 0 saturated carbocycles. The Morgan fingerprint density at radius 1 is 1.40 bits per heavy atom. The molecule has 3 nitrogen and oxygen atoms in total. The molecule has 5 heteroatoms. The third-order valence-corrected chi connectivity index (χ3v) is 3.78. The number of thiocarbonyl (C=S) groups is 1. The second-order valence-electron chi connectivity index (χ2n) is 4.83. The van der Waals surface area contributed by atoms with Crippen LogP contribution in [0.3, 0.4) is 0 Å². The van der Waals surface area contributed by atoms with Gasteiger partial charge in [-0.1, -0.05) is 32.1 Å². The van der Waals surface area contributed by atoms with Crippen LogP contribution in [0, 0.1) is 5.82 Å². The van der Waals surface area contributed by atoms with Crippen LogP contribution in [0.15, 0.2) is 18.2 Å². The van der Waals surface area contributed by atoms with Crippen LogP contribution < -0.4 is 5.73 Å². The van der Waals surface area contributed by atoms with E-state index in [1.165, 1.54) is 12.1 Å². The summed E-state index contributed by atoms with van der Waals surface area (Å²) in [6.07, 6.45) is 2.00. The number of rotatable bonds is 8. The van der Waals surface area contributed by atoms with Crippen LogP contribution in [-0.4, -0.2) is 34.2 Å². The Kier molecular flexibility index (Phi) is 7.05. The van der Waals surface area contributed by atoms with Crippen LogP contribution in [0.25, 0.3) is 0 Å². The first-order chi connectivity index (χ1) is 9.53. The third kappa shape index (κ3) is 4.51. The Bertz CT molecular complexity index is 449. The van der Waals surface area contributed by atoms with Gasteiger partial charge in [0.05, 0.1) is 6.61 Å². The molecule has 0 amide bonds. The minimum atomic E-state index is -0.340. The quantitative estimate of drug-likeness (QED) is 0.724. The molecule has 0 atom stereocenters. The molecule has 0 saturated heterocycles. The summed E-state index contributed by atoms with van der Waals surface area (Å²) >= 11 is 4.99. The second kappa shape index (κ2) is 8.29. The molecular formula is C15H23FN2OS. The fourth-order valence-electron chi connectivity index (χ4n) is 2.46. The summed E-state index contributed by atoms with van der Waals surface area (Å²) in [5.41, 5.74) is 7.15. The smallest absolute Gasteiger partial charge is 0.123 e. The molecule has 0 heterocycles. The lowest BCUT2D eigenvalue weighted by Gasteiger charge is -2.30. The Hall–Kier alpha value is -1.04. The minimum Gasteiger partial charge on any atom is -0.395 e. The second-order valence-corrected chi connectivity index (χ2v) is 5.27. The van der Waals surface area contributed by atoms with Gasteiger partial charge in [-0.15, -0.1) is 0 Å². The number of hydrogen-bond acceptors (Lipinski definition) is 3. The van der Waals surface area contributed by atoms with Crippen molar-refractivity contribution in [3.63, 3.8) is 0 Å². The minimum absolute atomic E-state index is 0.0973. The maximum atomic E-state index is 13.3. The van der Waals surface area contributed by atoms with Crippen molar-refractivity contribution in [2.45, 2.75) is 39.3 Å². The molecule has 0 aliphatic rings. The van der Waals surface area contributed by atoms with Crippen molar-refractivity contribution in [3.05, 3.63) is 35.1 Å². The lowest BCUT2D eigenvalue weighted by Crippen LogP contribution is -2.36. The highest BCUT2D eigenvalue weighted by molar-refractivity contribution is 7.80. The van der Waals surface area contributed by atoms with E-state index < -0.39 is 0 Å². The normalized spacial score (nSPS) is 11.3. The van der Waals surface area contributed by atoms with Gasteiger partial charge in [0.1, 0.15) is 10.8 Å². The molecule has 0 aromatic heterocycles. The highest BCUT2D eigenvalue weighted by Crippen LogP contribution is 2.17. The van der Waals surface area contributed by atoms with Gasteiger partial charge >= 0.3 is 0 Å². The molecule has 0 spiro atoms. The summed E-state index contributed by atoms with van der Waals surface area (Å²) in [5, 5.41) is 9.23. The maximum Gasteiger partial charge on any atom is 0.123 e.